The molecular weight excluding hydrogens is 250 g/mol. The average molecular weight is 271 g/mol. The minimum Gasteiger partial charge on any atom is -0.356 e. The molecule has 18 heavy (non-hydrogen) atoms. The van der Waals surface area contributed by atoms with Crippen molar-refractivity contribution in [1.29, 1.82) is 0 Å². The van der Waals surface area contributed by atoms with Crippen molar-refractivity contribution in [3.63, 3.8) is 0 Å². The fraction of sp³-hybridized carbons (Fsp3) is 0.667. The van der Waals surface area contributed by atoms with Gasteiger partial charge in [-0.2, -0.15) is 0 Å². The normalized spacial score (nSPS) is 13.4. The van der Waals surface area contributed by atoms with Crippen LogP contribution in [0.5, 0.6) is 0 Å². The summed E-state index contributed by atoms with van der Waals surface area (Å²) >= 11 is 0. The lowest BCUT2D eigenvalue weighted by atomic mass is 10.3. The van der Waals surface area contributed by atoms with Gasteiger partial charge in [0.1, 0.15) is 11.6 Å². The maximum atomic E-state index is 11.6. The van der Waals surface area contributed by atoms with Crippen LogP contribution in [-0.4, -0.2) is 43.0 Å². The Kier molecular flexibility index (Phi) is 4.67. The molecule has 0 amide bonds. The molecule has 0 saturated heterocycles. The molecule has 0 saturated carbocycles. The summed E-state index contributed by atoms with van der Waals surface area (Å²) in [5, 5.41) is 0. The van der Waals surface area contributed by atoms with Gasteiger partial charge in [-0.25, -0.2) is 18.4 Å². The van der Waals surface area contributed by atoms with E-state index in [1.165, 1.54) is 0 Å². The summed E-state index contributed by atoms with van der Waals surface area (Å²) in [7, 11) is -1.12. The molecule has 0 aliphatic rings. The number of hydrogen-bond donors (Lipinski definition) is 0. The van der Waals surface area contributed by atoms with E-state index in [1.807, 2.05) is 38.8 Å². The van der Waals surface area contributed by atoms with Crippen molar-refractivity contribution in [3.8, 4) is 0 Å². The number of aryl methyl sites for hydroxylation is 2. The molecule has 1 aromatic rings. The first kappa shape index (κ1) is 14.9. The van der Waals surface area contributed by atoms with E-state index in [4.69, 9.17) is 0 Å². The molecule has 0 aliphatic carbocycles. The summed E-state index contributed by atoms with van der Waals surface area (Å²) in [6.07, 6.45) is 0. The second-order valence-corrected chi connectivity index (χ2v) is 6.97. The van der Waals surface area contributed by atoms with E-state index in [9.17, 15) is 8.42 Å². The van der Waals surface area contributed by atoms with Crippen LogP contribution in [0.3, 0.4) is 0 Å². The third-order valence-electron chi connectivity index (χ3n) is 2.91. The van der Waals surface area contributed by atoms with Gasteiger partial charge in [0.2, 0.25) is 0 Å². The van der Waals surface area contributed by atoms with Gasteiger partial charge < -0.3 is 4.90 Å². The Balaban J connectivity index is 2.89. The summed E-state index contributed by atoms with van der Waals surface area (Å²) < 4.78 is 23.2. The van der Waals surface area contributed by atoms with Crippen LogP contribution in [0.15, 0.2) is 6.07 Å². The fourth-order valence-electron chi connectivity index (χ4n) is 1.70. The minimum atomic E-state index is -2.98. The second-order valence-electron chi connectivity index (χ2n) is 4.57. The zero-order valence-corrected chi connectivity index (χ0v) is 12.5. The highest BCUT2D eigenvalue weighted by atomic mass is 32.2. The van der Waals surface area contributed by atoms with Crippen molar-refractivity contribution in [2.45, 2.75) is 33.7 Å². The number of sulfone groups is 1. The number of nitrogens with zero attached hydrogens (tertiary/aromatic N) is 3. The molecule has 0 bridgehead atoms. The van der Waals surface area contributed by atoms with E-state index in [2.05, 4.69) is 9.97 Å². The lowest BCUT2D eigenvalue weighted by molar-refractivity contribution is 0.588. The molecule has 1 rings (SSSR count). The van der Waals surface area contributed by atoms with Crippen molar-refractivity contribution in [2.24, 2.45) is 0 Å². The maximum Gasteiger partial charge on any atom is 0.152 e. The van der Waals surface area contributed by atoms with Gasteiger partial charge in [0.05, 0.1) is 5.75 Å². The number of rotatable bonds is 5. The highest BCUT2D eigenvalue weighted by Gasteiger charge is 2.19. The molecule has 0 fully saturated rings. The molecule has 1 atom stereocenters. The predicted molar refractivity (Wildman–Crippen MR) is 73.7 cm³/mol. The minimum absolute atomic E-state index is 0.108. The molecule has 1 aromatic heterocycles. The molecular formula is C12H21N3O2S. The number of hydrogen-bond acceptors (Lipinski definition) is 5. The molecule has 5 nitrogen and oxygen atoms in total. The van der Waals surface area contributed by atoms with E-state index < -0.39 is 9.84 Å². The summed E-state index contributed by atoms with van der Waals surface area (Å²) in [6.45, 7) is 7.29. The van der Waals surface area contributed by atoms with Gasteiger partial charge >= 0.3 is 0 Å². The number of aromatic nitrogens is 2. The van der Waals surface area contributed by atoms with Crippen molar-refractivity contribution in [1.82, 2.24) is 9.97 Å². The monoisotopic (exact) mass is 271 g/mol. The SMILES string of the molecule is CCS(=O)(=O)C[C@@H](C)N(C)c1cc(C)nc(C)n1. The fourth-order valence-corrected chi connectivity index (χ4v) is 2.90. The Morgan fingerprint density at radius 2 is 1.94 bits per heavy atom. The molecule has 102 valence electrons. The van der Waals surface area contributed by atoms with Crippen molar-refractivity contribution in [3.05, 3.63) is 17.6 Å². The van der Waals surface area contributed by atoms with Crippen LogP contribution in [0.4, 0.5) is 5.82 Å². The summed E-state index contributed by atoms with van der Waals surface area (Å²) in [6, 6.07) is 1.76. The van der Waals surface area contributed by atoms with Gasteiger partial charge in [0, 0.05) is 30.6 Å². The van der Waals surface area contributed by atoms with Crippen LogP contribution in [-0.2, 0) is 9.84 Å². The Morgan fingerprint density at radius 3 is 2.44 bits per heavy atom. The van der Waals surface area contributed by atoms with Crippen molar-refractivity contribution in [2.75, 3.05) is 23.5 Å². The summed E-state index contributed by atoms with van der Waals surface area (Å²) in [4.78, 5) is 10.4. The lowest BCUT2D eigenvalue weighted by Crippen LogP contribution is -2.36. The zero-order valence-electron chi connectivity index (χ0n) is 11.6. The third-order valence-corrected chi connectivity index (χ3v) is 4.78. The average Bonchev–Trinajstić information content (AvgIpc) is 2.26. The van der Waals surface area contributed by atoms with Crippen LogP contribution in [0.1, 0.15) is 25.4 Å². The third kappa shape index (κ3) is 3.94. The zero-order chi connectivity index (χ0) is 13.9. The molecule has 0 N–H and O–H groups in total. The predicted octanol–water partition coefficient (Wildman–Crippen LogP) is 1.35. The first-order valence-electron chi connectivity index (χ1n) is 6.00. The highest BCUT2D eigenvalue weighted by Crippen LogP contribution is 2.14. The Morgan fingerprint density at radius 1 is 1.33 bits per heavy atom. The van der Waals surface area contributed by atoms with Gasteiger partial charge in [-0.1, -0.05) is 6.92 Å². The van der Waals surface area contributed by atoms with E-state index in [0.717, 1.165) is 11.5 Å². The Bertz CT molecular complexity index is 494. The smallest absolute Gasteiger partial charge is 0.152 e. The lowest BCUT2D eigenvalue weighted by Gasteiger charge is -2.26. The van der Waals surface area contributed by atoms with Gasteiger partial charge in [-0.3, -0.25) is 0 Å². The molecule has 0 aromatic carbocycles. The van der Waals surface area contributed by atoms with Crippen molar-refractivity contribution < 1.29 is 8.42 Å². The standard InChI is InChI=1S/C12H21N3O2S/c1-6-18(16,17)8-10(3)15(5)12-7-9(2)13-11(4)14-12/h7,10H,6,8H2,1-5H3/t10-/m1/s1. The summed E-state index contributed by atoms with van der Waals surface area (Å²) in [5.74, 6) is 1.77. The van der Waals surface area contributed by atoms with Crippen LogP contribution in [0, 0.1) is 13.8 Å². The topological polar surface area (TPSA) is 63.2 Å². The van der Waals surface area contributed by atoms with E-state index in [1.54, 1.807) is 6.92 Å². The first-order chi connectivity index (χ1) is 8.25. The maximum absolute atomic E-state index is 11.6. The van der Waals surface area contributed by atoms with Crippen molar-refractivity contribution >= 4 is 15.7 Å². The van der Waals surface area contributed by atoms with E-state index in [0.29, 0.717) is 5.82 Å². The summed E-state index contributed by atoms with van der Waals surface area (Å²) in [5.41, 5.74) is 0.884. The second kappa shape index (κ2) is 5.65. The quantitative estimate of drug-likeness (QED) is 0.809. The van der Waals surface area contributed by atoms with Crippen LogP contribution < -0.4 is 4.90 Å². The molecule has 6 heteroatoms. The molecule has 0 unspecified atom stereocenters. The van der Waals surface area contributed by atoms with Crippen LogP contribution >= 0.6 is 0 Å². The van der Waals surface area contributed by atoms with Crippen LogP contribution in [0.2, 0.25) is 0 Å². The van der Waals surface area contributed by atoms with E-state index >= 15 is 0 Å². The first-order valence-corrected chi connectivity index (χ1v) is 7.83. The number of anilines is 1. The molecule has 1 heterocycles. The van der Waals surface area contributed by atoms with Crippen LogP contribution in [0.25, 0.3) is 0 Å². The van der Waals surface area contributed by atoms with Gasteiger partial charge in [-0.05, 0) is 20.8 Å². The van der Waals surface area contributed by atoms with Gasteiger partial charge in [0.25, 0.3) is 0 Å². The van der Waals surface area contributed by atoms with Gasteiger partial charge in [0.15, 0.2) is 9.84 Å². The molecule has 0 spiro atoms. The molecule has 0 aliphatic heterocycles. The largest absolute Gasteiger partial charge is 0.356 e. The van der Waals surface area contributed by atoms with E-state index in [-0.39, 0.29) is 17.5 Å². The van der Waals surface area contributed by atoms with Gasteiger partial charge in [-0.15, -0.1) is 0 Å². The Hall–Kier alpha value is -1.17. The molecule has 0 radical (unpaired) electrons. The Labute approximate surface area is 109 Å². The highest BCUT2D eigenvalue weighted by molar-refractivity contribution is 7.91.